The molecule has 1 aromatic heterocycles. The molecule has 0 aliphatic heterocycles. The van der Waals surface area contributed by atoms with E-state index in [1.807, 2.05) is 0 Å². The van der Waals surface area contributed by atoms with Gasteiger partial charge in [0.1, 0.15) is 5.15 Å². The molecule has 0 saturated carbocycles. The van der Waals surface area contributed by atoms with Gasteiger partial charge in [0.15, 0.2) is 0 Å². The minimum absolute atomic E-state index is 0.0391. The van der Waals surface area contributed by atoms with E-state index >= 15 is 0 Å². The van der Waals surface area contributed by atoms with Gasteiger partial charge in [-0.3, -0.25) is 0 Å². The van der Waals surface area contributed by atoms with Gasteiger partial charge < -0.3 is 0 Å². The Labute approximate surface area is 145 Å². The molecule has 0 spiro atoms. The molecule has 0 amide bonds. The van der Waals surface area contributed by atoms with E-state index in [0.29, 0.717) is 5.15 Å². The Balaban J connectivity index is 1.92. The van der Waals surface area contributed by atoms with Crippen LogP contribution in [0.2, 0.25) is 10.4 Å². The first kappa shape index (κ1) is 14.7. The van der Waals surface area contributed by atoms with Gasteiger partial charge >= 0.3 is 0 Å². The zero-order valence-corrected chi connectivity index (χ0v) is 14.3. The molecule has 0 radical (unpaired) electrons. The standard InChI is InChI=1S/C19H14Cl2N2/c1-19(2)14-6-4-3-5-12(14)13-8-7-11(9-15(13)19)16-10-17(20)23-18(21)22-16/h3-10H,1-2H3. The SMILES string of the molecule is CC1(C)c2ccccc2-c2ccc(-c3cc(Cl)nc(Cl)n3)cc21. The van der Waals surface area contributed by atoms with Crippen LogP contribution in [0.25, 0.3) is 22.4 Å². The van der Waals surface area contributed by atoms with E-state index in [4.69, 9.17) is 23.2 Å². The molecule has 0 unspecified atom stereocenters. The van der Waals surface area contributed by atoms with Gasteiger partial charge in [-0.2, -0.15) is 0 Å². The Morgan fingerprint density at radius 2 is 1.57 bits per heavy atom. The fourth-order valence-corrected chi connectivity index (χ4v) is 3.81. The Morgan fingerprint density at radius 1 is 0.826 bits per heavy atom. The van der Waals surface area contributed by atoms with Crippen molar-refractivity contribution in [2.75, 3.05) is 0 Å². The molecule has 114 valence electrons. The quantitative estimate of drug-likeness (QED) is 0.416. The van der Waals surface area contributed by atoms with Crippen molar-refractivity contribution in [3.05, 3.63) is 70.1 Å². The van der Waals surface area contributed by atoms with Crippen molar-refractivity contribution < 1.29 is 0 Å². The van der Waals surface area contributed by atoms with E-state index in [9.17, 15) is 0 Å². The van der Waals surface area contributed by atoms with Crippen LogP contribution in [0.3, 0.4) is 0 Å². The second-order valence-corrected chi connectivity index (χ2v) is 7.00. The monoisotopic (exact) mass is 340 g/mol. The lowest BCUT2D eigenvalue weighted by Crippen LogP contribution is -2.14. The number of rotatable bonds is 1. The van der Waals surface area contributed by atoms with Gasteiger partial charge in [0, 0.05) is 17.0 Å². The third kappa shape index (κ3) is 2.25. The number of benzene rings is 2. The zero-order chi connectivity index (χ0) is 16.2. The summed E-state index contributed by atoms with van der Waals surface area (Å²) in [6.45, 7) is 4.50. The van der Waals surface area contributed by atoms with Crippen molar-refractivity contribution >= 4 is 23.2 Å². The van der Waals surface area contributed by atoms with E-state index in [1.165, 1.54) is 22.3 Å². The molecule has 0 saturated heterocycles. The van der Waals surface area contributed by atoms with Gasteiger partial charge in [-0.15, -0.1) is 0 Å². The number of hydrogen-bond donors (Lipinski definition) is 0. The van der Waals surface area contributed by atoms with Gasteiger partial charge in [0.05, 0.1) is 5.69 Å². The van der Waals surface area contributed by atoms with Crippen LogP contribution >= 0.6 is 23.2 Å². The number of aromatic nitrogens is 2. The number of hydrogen-bond acceptors (Lipinski definition) is 2. The summed E-state index contributed by atoms with van der Waals surface area (Å²) < 4.78 is 0. The molecule has 0 atom stereocenters. The van der Waals surface area contributed by atoms with Crippen LogP contribution in [0, 0.1) is 0 Å². The summed E-state index contributed by atoms with van der Waals surface area (Å²) >= 11 is 12.0. The molecule has 4 rings (SSSR count). The van der Waals surface area contributed by atoms with Gasteiger partial charge in [-0.1, -0.05) is 61.8 Å². The summed E-state index contributed by atoms with van der Waals surface area (Å²) in [4.78, 5) is 8.21. The number of halogens is 2. The maximum atomic E-state index is 6.01. The molecule has 23 heavy (non-hydrogen) atoms. The molecule has 0 fully saturated rings. The average Bonchev–Trinajstić information content (AvgIpc) is 2.75. The molecule has 1 heterocycles. The summed E-state index contributed by atoms with van der Waals surface area (Å²) in [6, 6.07) is 16.7. The summed E-state index contributed by atoms with van der Waals surface area (Å²) in [7, 11) is 0. The third-order valence-electron chi connectivity index (χ3n) is 4.55. The van der Waals surface area contributed by atoms with E-state index in [1.54, 1.807) is 6.07 Å². The van der Waals surface area contributed by atoms with Crippen LogP contribution < -0.4 is 0 Å². The number of nitrogens with zero attached hydrogens (tertiary/aromatic N) is 2. The van der Waals surface area contributed by atoms with Gasteiger partial charge in [-0.05, 0) is 39.9 Å². The lowest BCUT2D eigenvalue weighted by Gasteiger charge is -2.21. The highest BCUT2D eigenvalue weighted by Gasteiger charge is 2.35. The topological polar surface area (TPSA) is 25.8 Å². The van der Waals surface area contributed by atoms with Gasteiger partial charge in [-0.25, -0.2) is 9.97 Å². The Kier molecular flexibility index (Phi) is 3.22. The molecule has 0 bridgehead atoms. The van der Waals surface area contributed by atoms with Crippen LogP contribution in [0.15, 0.2) is 48.5 Å². The first-order valence-corrected chi connectivity index (χ1v) is 8.17. The van der Waals surface area contributed by atoms with E-state index in [2.05, 4.69) is 66.3 Å². The average molecular weight is 341 g/mol. The second-order valence-electron chi connectivity index (χ2n) is 6.28. The summed E-state index contributed by atoms with van der Waals surface area (Å²) in [6.07, 6.45) is 0. The van der Waals surface area contributed by atoms with Crippen molar-refractivity contribution in [2.45, 2.75) is 19.3 Å². The highest BCUT2D eigenvalue weighted by Crippen LogP contribution is 2.49. The lowest BCUT2D eigenvalue weighted by atomic mass is 9.82. The molecule has 3 aromatic rings. The Bertz CT molecular complexity index is 912. The Morgan fingerprint density at radius 3 is 2.35 bits per heavy atom. The van der Waals surface area contributed by atoms with Crippen molar-refractivity contribution in [3.8, 4) is 22.4 Å². The van der Waals surface area contributed by atoms with Crippen LogP contribution in [-0.2, 0) is 5.41 Å². The smallest absolute Gasteiger partial charge is 0.218 e. The largest absolute Gasteiger partial charge is 0.224 e. The van der Waals surface area contributed by atoms with Crippen molar-refractivity contribution in [3.63, 3.8) is 0 Å². The summed E-state index contributed by atoms with van der Waals surface area (Å²) in [5.41, 5.74) is 6.93. The molecular formula is C19H14Cl2N2. The van der Waals surface area contributed by atoms with Crippen LogP contribution in [0.5, 0.6) is 0 Å². The zero-order valence-electron chi connectivity index (χ0n) is 12.8. The third-order valence-corrected chi connectivity index (χ3v) is 4.91. The molecular weight excluding hydrogens is 327 g/mol. The van der Waals surface area contributed by atoms with E-state index in [-0.39, 0.29) is 10.7 Å². The van der Waals surface area contributed by atoms with Gasteiger partial charge in [0.25, 0.3) is 0 Å². The highest BCUT2D eigenvalue weighted by molar-refractivity contribution is 6.32. The second kappa shape index (κ2) is 5.05. The van der Waals surface area contributed by atoms with E-state index < -0.39 is 0 Å². The Hall–Kier alpha value is -1.90. The van der Waals surface area contributed by atoms with E-state index in [0.717, 1.165) is 11.3 Å². The fraction of sp³-hybridized carbons (Fsp3) is 0.158. The first-order chi connectivity index (χ1) is 11.0. The summed E-state index contributed by atoms with van der Waals surface area (Å²) in [5, 5.41) is 0.513. The molecule has 4 heteroatoms. The van der Waals surface area contributed by atoms with Crippen molar-refractivity contribution in [1.29, 1.82) is 0 Å². The fourth-order valence-electron chi connectivity index (χ4n) is 3.40. The van der Waals surface area contributed by atoms with Crippen molar-refractivity contribution in [2.24, 2.45) is 0 Å². The molecule has 1 aliphatic rings. The number of fused-ring (bicyclic) bond motifs is 3. The predicted octanol–water partition coefficient (Wildman–Crippen LogP) is 5.76. The molecule has 1 aliphatic carbocycles. The molecule has 2 aromatic carbocycles. The maximum Gasteiger partial charge on any atom is 0.224 e. The maximum absolute atomic E-state index is 6.01. The van der Waals surface area contributed by atoms with Crippen molar-refractivity contribution in [1.82, 2.24) is 9.97 Å². The minimum atomic E-state index is -0.0391. The molecule has 2 nitrogen and oxygen atoms in total. The van der Waals surface area contributed by atoms with Crippen LogP contribution in [0.4, 0.5) is 0 Å². The summed E-state index contributed by atoms with van der Waals surface area (Å²) in [5.74, 6) is 0. The normalized spacial score (nSPS) is 14.4. The van der Waals surface area contributed by atoms with Crippen LogP contribution in [-0.4, -0.2) is 9.97 Å². The minimum Gasteiger partial charge on any atom is -0.218 e. The van der Waals surface area contributed by atoms with Gasteiger partial charge in [0.2, 0.25) is 5.28 Å². The predicted molar refractivity (Wildman–Crippen MR) is 95.1 cm³/mol. The highest BCUT2D eigenvalue weighted by atomic mass is 35.5. The molecule has 0 N–H and O–H groups in total. The first-order valence-electron chi connectivity index (χ1n) is 7.42. The van der Waals surface area contributed by atoms with Crippen LogP contribution in [0.1, 0.15) is 25.0 Å². The lowest BCUT2D eigenvalue weighted by molar-refractivity contribution is 0.660.